The predicted molar refractivity (Wildman–Crippen MR) is 135 cm³/mol. The molecule has 2 amide bonds. The number of nitro benzene ring substituents is 1. The van der Waals surface area contributed by atoms with E-state index in [4.69, 9.17) is 11.6 Å². The normalized spacial score (nSPS) is 12.2. The first-order valence-electron chi connectivity index (χ1n) is 10.8. The topological polar surface area (TPSA) is 130 Å². The maximum Gasteiger partial charge on any atom is 0.271 e. The summed E-state index contributed by atoms with van der Waals surface area (Å²) < 4.78 is 26.1. The van der Waals surface area contributed by atoms with Crippen LogP contribution in [0.2, 0.25) is 5.02 Å². The van der Waals surface area contributed by atoms with Gasteiger partial charge >= 0.3 is 0 Å². The Labute approximate surface area is 210 Å². The van der Waals surface area contributed by atoms with Gasteiger partial charge in [0.05, 0.1) is 16.9 Å². The van der Waals surface area contributed by atoms with Crippen LogP contribution in [0.25, 0.3) is 0 Å². The number of hydrogen-bond acceptors (Lipinski definition) is 6. The Bertz CT molecular complexity index is 1220. The van der Waals surface area contributed by atoms with Gasteiger partial charge in [-0.2, -0.15) is 0 Å². The molecule has 2 aromatic rings. The van der Waals surface area contributed by atoms with E-state index < -0.39 is 39.3 Å². The van der Waals surface area contributed by atoms with Gasteiger partial charge in [-0.05, 0) is 51.0 Å². The van der Waals surface area contributed by atoms with Crippen LogP contribution in [-0.4, -0.2) is 54.9 Å². The molecule has 0 spiro atoms. The third kappa shape index (κ3) is 7.66. The van der Waals surface area contributed by atoms with Crippen LogP contribution in [0.3, 0.4) is 0 Å². The zero-order valence-corrected chi connectivity index (χ0v) is 21.8. The van der Waals surface area contributed by atoms with Crippen LogP contribution >= 0.6 is 11.6 Å². The highest BCUT2D eigenvalue weighted by atomic mass is 35.5. The first-order valence-corrected chi connectivity index (χ1v) is 13.0. The van der Waals surface area contributed by atoms with E-state index in [9.17, 15) is 28.1 Å². The number of sulfonamides is 1. The van der Waals surface area contributed by atoms with Crippen molar-refractivity contribution in [1.29, 1.82) is 0 Å². The van der Waals surface area contributed by atoms with Crippen LogP contribution in [-0.2, 0) is 26.2 Å². The molecule has 2 rings (SSSR count). The summed E-state index contributed by atoms with van der Waals surface area (Å²) in [6.07, 6.45) is 0.911. The summed E-state index contributed by atoms with van der Waals surface area (Å²) >= 11 is 6.08. The zero-order valence-electron chi connectivity index (χ0n) is 20.2. The van der Waals surface area contributed by atoms with Gasteiger partial charge in [0, 0.05) is 29.7 Å². The van der Waals surface area contributed by atoms with Gasteiger partial charge in [0.1, 0.15) is 12.6 Å². The molecule has 190 valence electrons. The SMILES string of the molecule is Cc1ccc([N+](=O)[O-])cc1N(CC(=O)N(Cc1cccc(Cl)c1)[C@H](C)C(=O)NC(C)C)S(C)(=O)=O. The predicted octanol–water partition coefficient (Wildman–Crippen LogP) is 3.26. The monoisotopic (exact) mass is 524 g/mol. The van der Waals surface area contributed by atoms with E-state index in [1.54, 1.807) is 52.0 Å². The van der Waals surface area contributed by atoms with Crippen LogP contribution in [0.4, 0.5) is 11.4 Å². The van der Waals surface area contributed by atoms with Crippen molar-refractivity contribution < 1.29 is 22.9 Å². The standard InChI is InChI=1S/C23H29ClN4O6S/c1-15(2)25-23(30)17(4)26(13-18-7-6-8-19(24)11-18)22(29)14-27(35(5,33)34)21-12-20(28(31)32)10-9-16(21)3/h6-12,15,17H,13-14H2,1-5H3,(H,25,30)/t17-/m1/s1. The van der Waals surface area contributed by atoms with Crippen LogP contribution < -0.4 is 9.62 Å². The van der Waals surface area contributed by atoms with Crippen molar-refractivity contribution in [2.75, 3.05) is 17.1 Å². The lowest BCUT2D eigenvalue weighted by molar-refractivity contribution is -0.384. The fourth-order valence-electron chi connectivity index (χ4n) is 3.39. The molecule has 0 heterocycles. The Morgan fingerprint density at radius 2 is 1.80 bits per heavy atom. The lowest BCUT2D eigenvalue weighted by atomic mass is 10.1. The van der Waals surface area contributed by atoms with Gasteiger partial charge < -0.3 is 10.2 Å². The molecule has 0 unspecified atom stereocenters. The third-order valence-corrected chi connectivity index (χ3v) is 6.55. The van der Waals surface area contributed by atoms with Crippen molar-refractivity contribution in [3.05, 3.63) is 68.7 Å². The summed E-state index contributed by atoms with van der Waals surface area (Å²) in [5.41, 5.74) is 0.775. The number of amides is 2. The highest BCUT2D eigenvalue weighted by molar-refractivity contribution is 7.92. The average molecular weight is 525 g/mol. The van der Waals surface area contributed by atoms with E-state index in [-0.39, 0.29) is 24.0 Å². The van der Waals surface area contributed by atoms with Gasteiger partial charge in [0.2, 0.25) is 21.8 Å². The number of nitrogens with one attached hydrogen (secondary N) is 1. The molecule has 0 fully saturated rings. The minimum absolute atomic E-state index is 0.00238. The van der Waals surface area contributed by atoms with Crippen molar-refractivity contribution in [2.45, 2.75) is 46.3 Å². The van der Waals surface area contributed by atoms with Crippen LogP contribution in [0.1, 0.15) is 31.9 Å². The van der Waals surface area contributed by atoms with Crippen LogP contribution in [0.15, 0.2) is 42.5 Å². The van der Waals surface area contributed by atoms with Gasteiger partial charge in [0.15, 0.2) is 0 Å². The molecule has 35 heavy (non-hydrogen) atoms. The molecule has 10 nitrogen and oxygen atoms in total. The maximum atomic E-state index is 13.5. The number of rotatable bonds is 10. The number of hydrogen-bond donors (Lipinski definition) is 1. The van der Waals surface area contributed by atoms with Crippen molar-refractivity contribution in [1.82, 2.24) is 10.2 Å². The number of aryl methyl sites for hydroxylation is 1. The number of non-ortho nitro benzene ring substituents is 1. The van der Waals surface area contributed by atoms with Gasteiger partial charge in [-0.15, -0.1) is 0 Å². The highest BCUT2D eigenvalue weighted by Crippen LogP contribution is 2.28. The third-order valence-electron chi connectivity index (χ3n) is 5.19. The molecule has 0 saturated carbocycles. The number of anilines is 1. The summed E-state index contributed by atoms with van der Waals surface area (Å²) in [6.45, 7) is 6.04. The molecule has 12 heteroatoms. The Morgan fingerprint density at radius 3 is 2.34 bits per heavy atom. The summed E-state index contributed by atoms with van der Waals surface area (Å²) in [7, 11) is -4.01. The fraction of sp³-hybridized carbons (Fsp3) is 0.391. The molecular formula is C23H29ClN4O6S. The molecular weight excluding hydrogens is 496 g/mol. The van der Waals surface area contributed by atoms with Crippen LogP contribution in [0, 0.1) is 17.0 Å². The van der Waals surface area contributed by atoms with Gasteiger partial charge in [0.25, 0.3) is 5.69 Å². The van der Waals surface area contributed by atoms with E-state index in [0.717, 1.165) is 16.6 Å². The van der Waals surface area contributed by atoms with Gasteiger partial charge in [-0.1, -0.05) is 29.8 Å². The van der Waals surface area contributed by atoms with E-state index >= 15 is 0 Å². The highest BCUT2D eigenvalue weighted by Gasteiger charge is 2.31. The quantitative estimate of drug-likeness (QED) is 0.375. The van der Waals surface area contributed by atoms with Gasteiger partial charge in [-0.3, -0.25) is 24.0 Å². The van der Waals surface area contributed by atoms with Crippen molar-refractivity contribution in [3.8, 4) is 0 Å². The smallest absolute Gasteiger partial charge is 0.271 e. The second-order valence-corrected chi connectivity index (χ2v) is 10.8. The van der Waals surface area contributed by atoms with E-state index in [0.29, 0.717) is 16.1 Å². The molecule has 0 bridgehead atoms. The van der Waals surface area contributed by atoms with E-state index in [1.165, 1.54) is 17.0 Å². The number of carbonyl (C=O) groups excluding carboxylic acids is 2. The van der Waals surface area contributed by atoms with Gasteiger partial charge in [-0.25, -0.2) is 8.42 Å². The number of halogens is 1. The summed E-state index contributed by atoms with van der Waals surface area (Å²) in [5, 5.41) is 14.5. The number of nitro groups is 1. The average Bonchev–Trinajstić information content (AvgIpc) is 2.74. The Morgan fingerprint density at radius 1 is 1.14 bits per heavy atom. The lowest BCUT2D eigenvalue weighted by Gasteiger charge is -2.32. The van der Waals surface area contributed by atoms with E-state index in [1.807, 2.05) is 0 Å². The first kappa shape index (κ1) is 28.1. The second-order valence-electron chi connectivity index (χ2n) is 8.49. The molecule has 0 saturated heterocycles. The Balaban J connectivity index is 2.49. The summed E-state index contributed by atoms with van der Waals surface area (Å²) in [5.74, 6) is -1.07. The molecule has 0 aliphatic heterocycles. The minimum Gasteiger partial charge on any atom is -0.352 e. The summed E-state index contributed by atoms with van der Waals surface area (Å²) in [6, 6.07) is 9.43. The molecule has 0 aliphatic carbocycles. The van der Waals surface area contributed by atoms with E-state index in [2.05, 4.69) is 5.32 Å². The fourth-order valence-corrected chi connectivity index (χ4v) is 4.51. The maximum absolute atomic E-state index is 13.5. The molecule has 0 aliphatic rings. The minimum atomic E-state index is -4.01. The Kier molecular flexibility index (Phi) is 9.22. The van der Waals surface area contributed by atoms with Crippen molar-refractivity contribution >= 4 is 44.8 Å². The molecule has 0 radical (unpaired) electrons. The molecule has 1 N–H and O–H groups in total. The first-order chi connectivity index (χ1) is 16.2. The molecule has 1 atom stereocenters. The number of carbonyl (C=O) groups is 2. The lowest BCUT2D eigenvalue weighted by Crippen LogP contribution is -2.52. The largest absolute Gasteiger partial charge is 0.352 e. The zero-order chi connectivity index (χ0) is 26.5. The molecule has 0 aromatic heterocycles. The molecule has 2 aromatic carbocycles. The second kappa shape index (κ2) is 11.5. The summed E-state index contributed by atoms with van der Waals surface area (Å²) in [4.78, 5) is 38.1. The number of nitrogens with zero attached hydrogens (tertiary/aromatic N) is 3. The van der Waals surface area contributed by atoms with Crippen LogP contribution in [0.5, 0.6) is 0 Å². The number of benzene rings is 2. The van der Waals surface area contributed by atoms with Crippen molar-refractivity contribution in [3.63, 3.8) is 0 Å². The Hall–Kier alpha value is -3.18. The van der Waals surface area contributed by atoms with Crippen molar-refractivity contribution in [2.24, 2.45) is 0 Å².